The van der Waals surface area contributed by atoms with Gasteiger partial charge in [0.15, 0.2) is 0 Å². The van der Waals surface area contributed by atoms with Crippen molar-refractivity contribution in [1.29, 1.82) is 0 Å². The number of benzene rings is 1. The first-order valence-electron chi connectivity index (χ1n) is 9.88. The Bertz CT molecular complexity index is 631. The molecule has 2 amide bonds. The maximum absolute atomic E-state index is 12.6. The Hall–Kier alpha value is -1.88. The molecular formula is C21H31N3O2. The van der Waals surface area contributed by atoms with Gasteiger partial charge in [-0.05, 0) is 57.6 Å². The fourth-order valence-corrected chi connectivity index (χ4v) is 4.23. The second-order valence-corrected chi connectivity index (χ2v) is 7.91. The summed E-state index contributed by atoms with van der Waals surface area (Å²) in [5, 5.41) is 3.16. The SMILES string of the molecule is CN(C)C1(CNC(=O)c2ccc(N3CCCC3=O)cc2)CCCCCC1. The predicted molar refractivity (Wildman–Crippen MR) is 104 cm³/mol. The molecule has 2 fully saturated rings. The smallest absolute Gasteiger partial charge is 0.251 e. The number of amides is 2. The summed E-state index contributed by atoms with van der Waals surface area (Å²) in [6, 6.07) is 7.41. The number of nitrogens with zero attached hydrogens (tertiary/aromatic N) is 2. The van der Waals surface area contributed by atoms with Crippen molar-refractivity contribution in [3.05, 3.63) is 29.8 Å². The van der Waals surface area contributed by atoms with Crippen LogP contribution in [0.25, 0.3) is 0 Å². The molecule has 2 aliphatic rings. The van der Waals surface area contributed by atoms with Gasteiger partial charge in [-0.15, -0.1) is 0 Å². The Morgan fingerprint density at radius 3 is 2.27 bits per heavy atom. The van der Waals surface area contributed by atoms with E-state index in [-0.39, 0.29) is 17.4 Å². The molecule has 0 radical (unpaired) electrons. The van der Waals surface area contributed by atoms with Gasteiger partial charge in [-0.25, -0.2) is 0 Å². The molecule has 142 valence electrons. The Balaban J connectivity index is 1.62. The van der Waals surface area contributed by atoms with Crippen LogP contribution in [0.3, 0.4) is 0 Å². The lowest BCUT2D eigenvalue weighted by molar-refractivity contribution is -0.117. The van der Waals surface area contributed by atoms with Crippen LogP contribution in [0.1, 0.15) is 61.7 Å². The largest absolute Gasteiger partial charge is 0.350 e. The first-order valence-corrected chi connectivity index (χ1v) is 9.88. The standard InChI is InChI=1S/C21H31N3O2/c1-23(2)21(13-5-3-4-6-14-21)16-22-20(26)17-9-11-18(12-10-17)24-15-7-8-19(24)25/h9-12H,3-8,13-16H2,1-2H3,(H,22,26). The van der Waals surface area contributed by atoms with Gasteiger partial charge in [0.1, 0.15) is 0 Å². The summed E-state index contributed by atoms with van der Waals surface area (Å²) in [6.07, 6.45) is 8.84. The van der Waals surface area contributed by atoms with Gasteiger partial charge in [0.25, 0.3) is 5.91 Å². The Morgan fingerprint density at radius 2 is 1.73 bits per heavy atom. The number of nitrogens with one attached hydrogen (secondary N) is 1. The van der Waals surface area contributed by atoms with E-state index in [1.54, 1.807) is 4.90 Å². The first-order chi connectivity index (χ1) is 12.5. The minimum atomic E-state index is -0.0326. The molecule has 5 heteroatoms. The maximum atomic E-state index is 12.6. The highest BCUT2D eigenvalue weighted by Gasteiger charge is 2.33. The van der Waals surface area contributed by atoms with Crippen molar-refractivity contribution in [1.82, 2.24) is 10.2 Å². The fraction of sp³-hybridized carbons (Fsp3) is 0.619. The van der Waals surface area contributed by atoms with Crippen LogP contribution in [0, 0.1) is 0 Å². The van der Waals surface area contributed by atoms with Gasteiger partial charge in [0, 0.05) is 36.3 Å². The lowest BCUT2D eigenvalue weighted by atomic mass is 9.88. The van der Waals surface area contributed by atoms with Crippen molar-refractivity contribution in [3.63, 3.8) is 0 Å². The Kier molecular flexibility index (Phi) is 5.97. The predicted octanol–water partition coefficient (Wildman–Crippen LogP) is 3.20. The maximum Gasteiger partial charge on any atom is 0.251 e. The molecule has 0 atom stereocenters. The molecular weight excluding hydrogens is 326 g/mol. The van der Waals surface area contributed by atoms with Crippen LogP contribution in [-0.2, 0) is 4.79 Å². The highest BCUT2D eigenvalue weighted by Crippen LogP contribution is 2.30. The third-order valence-electron chi connectivity index (χ3n) is 6.08. The van der Waals surface area contributed by atoms with Crippen molar-refractivity contribution in [2.75, 3.05) is 32.1 Å². The summed E-state index contributed by atoms with van der Waals surface area (Å²) in [7, 11) is 4.25. The van der Waals surface area contributed by atoms with E-state index in [4.69, 9.17) is 0 Å². The lowest BCUT2D eigenvalue weighted by Gasteiger charge is -2.39. The molecule has 1 heterocycles. The van der Waals surface area contributed by atoms with E-state index in [0.29, 0.717) is 18.5 Å². The molecule has 1 saturated heterocycles. The monoisotopic (exact) mass is 357 g/mol. The molecule has 3 rings (SSSR count). The normalized spacial score (nSPS) is 20.3. The zero-order valence-corrected chi connectivity index (χ0v) is 16.1. The second kappa shape index (κ2) is 8.21. The molecule has 5 nitrogen and oxygen atoms in total. The lowest BCUT2D eigenvalue weighted by Crippen LogP contribution is -2.52. The van der Waals surface area contributed by atoms with Crippen LogP contribution >= 0.6 is 0 Å². The highest BCUT2D eigenvalue weighted by atomic mass is 16.2. The molecule has 0 bridgehead atoms. The number of hydrogen-bond acceptors (Lipinski definition) is 3. The topological polar surface area (TPSA) is 52.7 Å². The molecule has 0 spiro atoms. The molecule has 1 aliphatic heterocycles. The number of anilines is 1. The number of rotatable bonds is 5. The van der Waals surface area contributed by atoms with Crippen LogP contribution in [0.2, 0.25) is 0 Å². The molecule has 0 aromatic heterocycles. The van der Waals surface area contributed by atoms with Gasteiger partial charge >= 0.3 is 0 Å². The van der Waals surface area contributed by atoms with Crippen molar-refractivity contribution >= 4 is 17.5 Å². The van der Waals surface area contributed by atoms with Gasteiger partial charge in [-0.3, -0.25) is 9.59 Å². The third kappa shape index (κ3) is 4.09. The number of carbonyl (C=O) groups excluding carboxylic acids is 2. The number of carbonyl (C=O) groups is 2. The van der Waals surface area contributed by atoms with Gasteiger partial charge in [0.2, 0.25) is 5.91 Å². The van der Waals surface area contributed by atoms with Crippen LogP contribution in [-0.4, -0.2) is 49.4 Å². The molecule has 1 saturated carbocycles. The molecule has 1 N–H and O–H groups in total. The van der Waals surface area contributed by atoms with E-state index in [9.17, 15) is 9.59 Å². The minimum absolute atomic E-state index is 0.0326. The molecule has 0 unspecified atom stereocenters. The zero-order chi connectivity index (χ0) is 18.6. The molecule has 1 aliphatic carbocycles. The van der Waals surface area contributed by atoms with Gasteiger partial charge in [-0.2, -0.15) is 0 Å². The average Bonchev–Trinajstić information content (AvgIpc) is 2.92. The van der Waals surface area contributed by atoms with Crippen LogP contribution in [0.15, 0.2) is 24.3 Å². The zero-order valence-electron chi connectivity index (χ0n) is 16.1. The van der Waals surface area contributed by atoms with Gasteiger partial charge in [0.05, 0.1) is 0 Å². The van der Waals surface area contributed by atoms with E-state index in [2.05, 4.69) is 24.3 Å². The summed E-state index contributed by atoms with van der Waals surface area (Å²) in [4.78, 5) is 28.6. The number of likely N-dealkylation sites (N-methyl/N-ethyl adjacent to an activating group) is 1. The highest BCUT2D eigenvalue weighted by molar-refractivity contribution is 5.97. The van der Waals surface area contributed by atoms with Crippen LogP contribution < -0.4 is 10.2 Å². The van der Waals surface area contributed by atoms with Gasteiger partial charge < -0.3 is 15.1 Å². The summed E-state index contributed by atoms with van der Waals surface area (Å²) >= 11 is 0. The average molecular weight is 357 g/mol. The van der Waals surface area contributed by atoms with E-state index >= 15 is 0 Å². The second-order valence-electron chi connectivity index (χ2n) is 7.91. The summed E-state index contributed by atoms with van der Waals surface area (Å²) < 4.78 is 0. The Labute approximate surface area is 156 Å². The summed E-state index contributed by atoms with van der Waals surface area (Å²) in [5.41, 5.74) is 1.61. The number of hydrogen-bond donors (Lipinski definition) is 1. The summed E-state index contributed by atoms with van der Waals surface area (Å²) in [5.74, 6) is 0.137. The third-order valence-corrected chi connectivity index (χ3v) is 6.08. The van der Waals surface area contributed by atoms with Crippen molar-refractivity contribution in [2.24, 2.45) is 0 Å². The van der Waals surface area contributed by atoms with Crippen LogP contribution in [0.4, 0.5) is 5.69 Å². The molecule has 1 aromatic rings. The molecule has 26 heavy (non-hydrogen) atoms. The quantitative estimate of drug-likeness (QED) is 0.824. The van der Waals surface area contributed by atoms with E-state index < -0.39 is 0 Å². The molecule has 1 aromatic carbocycles. The minimum Gasteiger partial charge on any atom is -0.350 e. The first kappa shape index (κ1) is 18.9. The van der Waals surface area contributed by atoms with E-state index in [1.165, 1.54) is 25.7 Å². The Morgan fingerprint density at radius 1 is 1.08 bits per heavy atom. The van der Waals surface area contributed by atoms with Crippen LogP contribution in [0.5, 0.6) is 0 Å². The van der Waals surface area contributed by atoms with E-state index in [0.717, 1.165) is 31.5 Å². The van der Waals surface area contributed by atoms with Crippen molar-refractivity contribution in [2.45, 2.75) is 56.9 Å². The van der Waals surface area contributed by atoms with Gasteiger partial charge in [-0.1, -0.05) is 25.7 Å². The van der Waals surface area contributed by atoms with Crippen molar-refractivity contribution in [3.8, 4) is 0 Å². The fourth-order valence-electron chi connectivity index (χ4n) is 4.23. The van der Waals surface area contributed by atoms with E-state index in [1.807, 2.05) is 24.3 Å². The van der Waals surface area contributed by atoms with Crippen molar-refractivity contribution < 1.29 is 9.59 Å². The summed E-state index contributed by atoms with van der Waals surface area (Å²) in [6.45, 7) is 1.46.